The van der Waals surface area contributed by atoms with Gasteiger partial charge in [-0.15, -0.1) is 6.58 Å². The average Bonchev–Trinajstić information content (AvgIpc) is 2.37. The van der Waals surface area contributed by atoms with E-state index < -0.39 is 0 Å². The summed E-state index contributed by atoms with van der Waals surface area (Å²) in [6.07, 6.45) is 1.73. The van der Waals surface area contributed by atoms with E-state index in [2.05, 4.69) is 18.0 Å². The van der Waals surface area contributed by atoms with E-state index in [4.69, 9.17) is 4.74 Å². The maximum Gasteiger partial charge on any atom is 0.236 e. The van der Waals surface area contributed by atoms with Crippen LogP contribution in [0, 0.1) is 13.8 Å². The Kier molecular flexibility index (Phi) is 6.81. The van der Waals surface area contributed by atoms with Crippen LogP contribution in [0.5, 0.6) is 5.75 Å². The van der Waals surface area contributed by atoms with E-state index in [1.807, 2.05) is 26.0 Å². The summed E-state index contributed by atoms with van der Waals surface area (Å²) in [4.78, 5) is 13.4. The second-order valence-electron chi connectivity index (χ2n) is 4.91. The summed E-state index contributed by atoms with van der Waals surface area (Å²) < 4.78 is 5.68. The molecular weight excluding hydrogens is 252 g/mol. The fourth-order valence-corrected chi connectivity index (χ4v) is 1.86. The Morgan fingerprint density at radius 1 is 1.35 bits per heavy atom. The van der Waals surface area contributed by atoms with E-state index in [-0.39, 0.29) is 5.91 Å². The predicted octanol–water partition coefficient (Wildman–Crippen LogP) is 1.92. The van der Waals surface area contributed by atoms with Crippen LogP contribution in [-0.4, -0.2) is 44.1 Å². The first-order valence-corrected chi connectivity index (χ1v) is 6.79. The van der Waals surface area contributed by atoms with Crippen molar-refractivity contribution >= 4 is 5.91 Å². The third-order valence-corrected chi connectivity index (χ3v) is 2.88. The molecule has 0 aromatic heterocycles. The summed E-state index contributed by atoms with van der Waals surface area (Å²) in [7, 11) is 1.78. The zero-order valence-electron chi connectivity index (χ0n) is 12.6. The summed E-state index contributed by atoms with van der Waals surface area (Å²) in [6.45, 7) is 9.70. The Bertz CT molecular complexity index is 438. The topological polar surface area (TPSA) is 41.6 Å². The quantitative estimate of drug-likeness (QED) is 0.582. The number of nitrogens with zero attached hydrogens (tertiary/aromatic N) is 1. The number of carbonyl (C=O) groups excluding carboxylic acids is 1. The van der Waals surface area contributed by atoms with Crippen molar-refractivity contribution in [2.75, 3.05) is 33.3 Å². The Morgan fingerprint density at radius 3 is 2.60 bits per heavy atom. The lowest BCUT2D eigenvalue weighted by molar-refractivity contribution is -0.129. The number of rotatable bonds is 8. The summed E-state index contributed by atoms with van der Waals surface area (Å²) in [5.74, 6) is 0.906. The van der Waals surface area contributed by atoms with Crippen LogP contribution in [-0.2, 0) is 4.79 Å². The van der Waals surface area contributed by atoms with Crippen molar-refractivity contribution in [3.8, 4) is 5.75 Å². The smallest absolute Gasteiger partial charge is 0.236 e. The molecule has 20 heavy (non-hydrogen) atoms. The first kappa shape index (κ1) is 16.2. The number of ether oxygens (including phenoxy) is 1. The molecule has 0 aliphatic carbocycles. The molecule has 1 amide bonds. The largest absolute Gasteiger partial charge is 0.492 e. The molecule has 0 aliphatic rings. The summed E-state index contributed by atoms with van der Waals surface area (Å²) in [6, 6.07) is 6.11. The highest BCUT2D eigenvalue weighted by Gasteiger charge is 2.07. The van der Waals surface area contributed by atoms with Gasteiger partial charge in [0, 0.05) is 13.6 Å². The molecule has 1 aromatic rings. The molecule has 0 saturated heterocycles. The van der Waals surface area contributed by atoms with Gasteiger partial charge in [0.25, 0.3) is 0 Å². The van der Waals surface area contributed by atoms with Crippen LogP contribution in [0.2, 0.25) is 0 Å². The molecule has 110 valence electrons. The molecule has 0 bridgehead atoms. The van der Waals surface area contributed by atoms with Gasteiger partial charge in [-0.3, -0.25) is 4.79 Å². The molecule has 0 spiro atoms. The van der Waals surface area contributed by atoms with E-state index >= 15 is 0 Å². The average molecular weight is 276 g/mol. The van der Waals surface area contributed by atoms with Crippen LogP contribution in [0.25, 0.3) is 0 Å². The van der Waals surface area contributed by atoms with Gasteiger partial charge in [-0.05, 0) is 37.1 Å². The molecule has 4 heteroatoms. The number of hydrogen-bond acceptors (Lipinski definition) is 3. The molecule has 0 fully saturated rings. The number of nitrogens with one attached hydrogen (secondary N) is 1. The molecule has 0 unspecified atom stereocenters. The standard InChI is InChI=1S/C16H24N2O2/c1-5-6-17-12-16(19)18(4)7-8-20-15-10-13(2)9-14(3)11-15/h5,9-11,17H,1,6-8,12H2,2-4H3. The van der Waals surface area contributed by atoms with Gasteiger partial charge in [0.05, 0.1) is 13.1 Å². The molecule has 0 heterocycles. The number of benzene rings is 1. The predicted molar refractivity (Wildman–Crippen MR) is 82.1 cm³/mol. The highest BCUT2D eigenvalue weighted by Crippen LogP contribution is 2.15. The number of aryl methyl sites for hydroxylation is 2. The summed E-state index contributed by atoms with van der Waals surface area (Å²) in [5, 5.41) is 2.99. The minimum atomic E-state index is 0.0517. The van der Waals surface area contributed by atoms with Gasteiger partial charge in [0.15, 0.2) is 0 Å². The molecule has 1 aromatic carbocycles. The van der Waals surface area contributed by atoms with Crippen molar-refractivity contribution in [3.63, 3.8) is 0 Å². The number of carbonyl (C=O) groups is 1. The maximum absolute atomic E-state index is 11.7. The third kappa shape index (κ3) is 5.89. The molecular formula is C16H24N2O2. The molecule has 0 radical (unpaired) electrons. The number of likely N-dealkylation sites (N-methyl/N-ethyl adjacent to an activating group) is 1. The van der Waals surface area contributed by atoms with Crippen LogP contribution in [0.15, 0.2) is 30.9 Å². The molecule has 1 N–H and O–H groups in total. The molecule has 0 saturated carbocycles. The van der Waals surface area contributed by atoms with E-state index in [1.165, 1.54) is 11.1 Å². The zero-order chi connectivity index (χ0) is 15.0. The molecule has 4 nitrogen and oxygen atoms in total. The fourth-order valence-electron chi connectivity index (χ4n) is 1.86. The lowest BCUT2D eigenvalue weighted by atomic mass is 10.1. The minimum absolute atomic E-state index is 0.0517. The van der Waals surface area contributed by atoms with Crippen molar-refractivity contribution in [2.45, 2.75) is 13.8 Å². The Morgan fingerprint density at radius 2 is 2.00 bits per heavy atom. The van der Waals surface area contributed by atoms with Gasteiger partial charge < -0.3 is 15.0 Å². The van der Waals surface area contributed by atoms with Gasteiger partial charge in [0.1, 0.15) is 12.4 Å². The highest BCUT2D eigenvalue weighted by atomic mass is 16.5. The molecule has 0 atom stereocenters. The second-order valence-corrected chi connectivity index (χ2v) is 4.91. The molecule has 0 aliphatic heterocycles. The number of hydrogen-bond donors (Lipinski definition) is 1. The third-order valence-electron chi connectivity index (χ3n) is 2.88. The van der Waals surface area contributed by atoms with Crippen molar-refractivity contribution in [2.24, 2.45) is 0 Å². The maximum atomic E-state index is 11.7. The van der Waals surface area contributed by atoms with Crippen LogP contribution in [0.1, 0.15) is 11.1 Å². The van der Waals surface area contributed by atoms with Crippen molar-refractivity contribution in [3.05, 3.63) is 42.0 Å². The van der Waals surface area contributed by atoms with Gasteiger partial charge in [-0.2, -0.15) is 0 Å². The molecule has 1 rings (SSSR count). The monoisotopic (exact) mass is 276 g/mol. The summed E-state index contributed by atoms with van der Waals surface area (Å²) in [5.41, 5.74) is 2.36. The van der Waals surface area contributed by atoms with Crippen LogP contribution >= 0.6 is 0 Å². The highest BCUT2D eigenvalue weighted by molar-refractivity contribution is 5.77. The van der Waals surface area contributed by atoms with E-state index in [0.29, 0.717) is 26.2 Å². The van der Waals surface area contributed by atoms with Crippen LogP contribution < -0.4 is 10.1 Å². The van der Waals surface area contributed by atoms with Crippen molar-refractivity contribution in [1.82, 2.24) is 10.2 Å². The zero-order valence-corrected chi connectivity index (χ0v) is 12.6. The van der Waals surface area contributed by atoms with E-state index in [0.717, 1.165) is 5.75 Å². The SMILES string of the molecule is C=CCNCC(=O)N(C)CCOc1cc(C)cc(C)c1. The van der Waals surface area contributed by atoms with Crippen molar-refractivity contribution in [1.29, 1.82) is 0 Å². The van der Waals surface area contributed by atoms with Gasteiger partial charge in [-0.1, -0.05) is 12.1 Å². The van der Waals surface area contributed by atoms with Crippen LogP contribution in [0.3, 0.4) is 0 Å². The summed E-state index contributed by atoms with van der Waals surface area (Å²) >= 11 is 0. The van der Waals surface area contributed by atoms with Crippen LogP contribution in [0.4, 0.5) is 0 Å². The fraction of sp³-hybridized carbons (Fsp3) is 0.438. The first-order chi connectivity index (χ1) is 9.52. The lowest BCUT2D eigenvalue weighted by Crippen LogP contribution is -2.37. The van der Waals surface area contributed by atoms with Gasteiger partial charge >= 0.3 is 0 Å². The first-order valence-electron chi connectivity index (χ1n) is 6.79. The van der Waals surface area contributed by atoms with Gasteiger partial charge in [-0.25, -0.2) is 0 Å². The minimum Gasteiger partial charge on any atom is -0.492 e. The second kappa shape index (κ2) is 8.38. The Balaban J connectivity index is 2.32. The lowest BCUT2D eigenvalue weighted by Gasteiger charge is -2.18. The van der Waals surface area contributed by atoms with Crippen molar-refractivity contribution < 1.29 is 9.53 Å². The van der Waals surface area contributed by atoms with E-state index in [1.54, 1.807) is 18.0 Å². The van der Waals surface area contributed by atoms with Gasteiger partial charge in [0.2, 0.25) is 5.91 Å². The number of amides is 1. The van der Waals surface area contributed by atoms with E-state index in [9.17, 15) is 4.79 Å². The Labute approximate surface area is 121 Å². The normalized spacial score (nSPS) is 10.2. The Hall–Kier alpha value is -1.81.